The molecule has 2 bridgehead atoms. The lowest BCUT2D eigenvalue weighted by Crippen LogP contribution is -2.05. The fourth-order valence-corrected chi connectivity index (χ4v) is 2.27. The van der Waals surface area contributed by atoms with Crippen LogP contribution in [0.4, 0.5) is 0 Å². The van der Waals surface area contributed by atoms with Gasteiger partial charge in [0.2, 0.25) is 0 Å². The minimum absolute atomic E-state index is 0.843. The van der Waals surface area contributed by atoms with E-state index in [0.717, 1.165) is 11.8 Å². The summed E-state index contributed by atoms with van der Waals surface area (Å²) in [5.74, 6) is 1.74. The van der Waals surface area contributed by atoms with Crippen LogP contribution in [-0.2, 0) is 0 Å². The van der Waals surface area contributed by atoms with Crippen LogP contribution < -0.4 is 0 Å². The topological polar surface area (TPSA) is 0 Å². The number of hydrogen-bond donors (Lipinski definition) is 0. The highest BCUT2D eigenvalue weighted by molar-refractivity contribution is 5.33. The Morgan fingerprint density at radius 1 is 1.50 bits per heavy atom. The van der Waals surface area contributed by atoms with Gasteiger partial charge in [-0.15, -0.1) is 0 Å². The minimum Gasteiger partial charge on any atom is -0.0953 e. The van der Waals surface area contributed by atoms with E-state index in [1.807, 2.05) is 0 Å². The number of fused-ring (bicyclic) bond motifs is 2. The second kappa shape index (κ2) is 1.98. The summed E-state index contributed by atoms with van der Waals surface area (Å²) in [6.07, 6.45) is 6.58. The van der Waals surface area contributed by atoms with Crippen molar-refractivity contribution in [2.75, 3.05) is 0 Å². The quantitative estimate of drug-likeness (QED) is 0.478. The van der Waals surface area contributed by atoms with Gasteiger partial charge in [0.25, 0.3) is 0 Å². The highest BCUT2D eigenvalue weighted by Gasteiger charge is 2.29. The van der Waals surface area contributed by atoms with Gasteiger partial charge in [-0.2, -0.15) is 0 Å². The normalized spacial score (nSPS) is 38.1. The fraction of sp³-hybridized carbons (Fsp3) is 0.600. The second-order valence-corrected chi connectivity index (χ2v) is 3.64. The zero-order valence-electron chi connectivity index (χ0n) is 6.56. The zero-order chi connectivity index (χ0) is 7.14. The molecule has 0 spiro atoms. The van der Waals surface area contributed by atoms with Gasteiger partial charge in [-0.05, 0) is 43.6 Å². The van der Waals surface area contributed by atoms with Crippen molar-refractivity contribution in [1.82, 2.24) is 0 Å². The standard InChI is InChI=1S/C10H14/c1-7-5-9-3-4-10(6-9)8(7)2/h5,9-10H,2-4,6H2,1H3. The maximum absolute atomic E-state index is 4.11. The van der Waals surface area contributed by atoms with Gasteiger partial charge in [0.05, 0.1) is 0 Å². The van der Waals surface area contributed by atoms with Gasteiger partial charge in [-0.1, -0.05) is 18.2 Å². The molecule has 0 N–H and O–H groups in total. The molecule has 0 aromatic heterocycles. The van der Waals surface area contributed by atoms with E-state index in [1.165, 1.54) is 30.4 Å². The molecule has 2 rings (SSSR count). The van der Waals surface area contributed by atoms with E-state index in [-0.39, 0.29) is 0 Å². The molecule has 1 saturated carbocycles. The van der Waals surface area contributed by atoms with Gasteiger partial charge in [-0.25, -0.2) is 0 Å². The first-order valence-electron chi connectivity index (χ1n) is 4.15. The lowest BCUT2D eigenvalue weighted by atomic mass is 9.86. The summed E-state index contributed by atoms with van der Waals surface area (Å²) in [4.78, 5) is 0. The summed E-state index contributed by atoms with van der Waals surface area (Å²) < 4.78 is 0. The molecule has 2 aliphatic carbocycles. The second-order valence-electron chi connectivity index (χ2n) is 3.64. The molecule has 2 aliphatic rings. The summed E-state index contributed by atoms with van der Waals surface area (Å²) in [6, 6.07) is 0. The van der Waals surface area contributed by atoms with Crippen molar-refractivity contribution in [1.29, 1.82) is 0 Å². The van der Waals surface area contributed by atoms with Crippen molar-refractivity contribution in [3.63, 3.8) is 0 Å². The van der Waals surface area contributed by atoms with Crippen LogP contribution in [0.5, 0.6) is 0 Å². The highest BCUT2D eigenvalue weighted by atomic mass is 14.3. The molecule has 0 nitrogen and oxygen atoms in total. The van der Waals surface area contributed by atoms with Crippen molar-refractivity contribution in [2.45, 2.75) is 26.2 Å². The third-order valence-electron chi connectivity index (χ3n) is 2.96. The number of allylic oxidation sites excluding steroid dienone is 3. The Balaban J connectivity index is 2.33. The molecule has 2 atom stereocenters. The number of hydrogen-bond acceptors (Lipinski definition) is 0. The van der Waals surface area contributed by atoms with Crippen molar-refractivity contribution >= 4 is 0 Å². The van der Waals surface area contributed by atoms with Gasteiger partial charge >= 0.3 is 0 Å². The van der Waals surface area contributed by atoms with Crippen LogP contribution in [-0.4, -0.2) is 0 Å². The molecule has 1 fully saturated rings. The zero-order valence-corrected chi connectivity index (χ0v) is 6.56. The lowest BCUT2D eigenvalue weighted by Gasteiger charge is -2.19. The Morgan fingerprint density at radius 3 is 3.10 bits per heavy atom. The van der Waals surface area contributed by atoms with Crippen molar-refractivity contribution in [3.8, 4) is 0 Å². The summed E-state index contributed by atoms with van der Waals surface area (Å²) in [7, 11) is 0. The Morgan fingerprint density at radius 2 is 2.30 bits per heavy atom. The first-order chi connectivity index (χ1) is 4.77. The Labute approximate surface area is 62.6 Å². The first-order valence-corrected chi connectivity index (χ1v) is 4.15. The maximum Gasteiger partial charge on any atom is -0.0160 e. The Bertz CT molecular complexity index is 198. The van der Waals surface area contributed by atoms with E-state index in [9.17, 15) is 0 Å². The van der Waals surface area contributed by atoms with Crippen LogP contribution in [0.2, 0.25) is 0 Å². The van der Waals surface area contributed by atoms with Gasteiger partial charge in [0, 0.05) is 0 Å². The molecule has 0 aromatic rings. The molecule has 10 heavy (non-hydrogen) atoms. The van der Waals surface area contributed by atoms with Gasteiger partial charge < -0.3 is 0 Å². The predicted octanol–water partition coefficient (Wildman–Crippen LogP) is 2.92. The molecule has 2 unspecified atom stereocenters. The predicted molar refractivity (Wildman–Crippen MR) is 43.7 cm³/mol. The summed E-state index contributed by atoms with van der Waals surface area (Å²) >= 11 is 0. The van der Waals surface area contributed by atoms with Gasteiger partial charge in [0.1, 0.15) is 0 Å². The van der Waals surface area contributed by atoms with Crippen molar-refractivity contribution in [2.24, 2.45) is 11.8 Å². The fourth-order valence-electron chi connectivity index (χ4n) is 2.27. The molecular weight excluding hydrogens is 120 g/mol. The van der Waals surface area contributed by atoms with E-state index in [1.54, 1.807) is 0 Å². The van der Waals surface area contributed by atoms with E-state index >= 15 is 0 Å². The molecule has 0 amide bonds. The SMILES string of the molecule is C=C1C(C)=CC2CCC1C2. The van der Waals surface area contributed by atoms with Crippen molar-refractivity contribution < 1.29 is 0 Å². The van der Waals surface area contributed by atoms with Crippen LogP contribution >= 0.6 is 0 Å². The molecule has 0 aliphatic heterocycles. The maximum atomic E-state index is 4.11. The highest BCUT2D eigenvalue weighted by Crippen LogP contribution is 2.43. The molecule has 0 saturated heterocycles. The van der Waals surface area contributed by atoms with Crippen LogP contribution in [0, 0.1) is 11.8 Å². The monoisotopic (exact) mass is 134 g/mol. The molecular formula is C10H14. The van der Waals surface area contributed by atoms with Crippen molar-refractivity contribution in [3.05, 3.63) is 23.8 Å². The van der Waals surface area contributed by atoms with Crippen LogP contribution in [0.15, 0.2) is 23.8 Å². The molecule has 0 aromatic carbocycles. The van der Waals surface area contributed by atoms with E-state index in [2.05, 4.69) is 19.6 Å². The minimum atomic E-state index is 0.843. The van der Waals surface area contributed by atoms with Gasteiger partial charge in [0.15, 0.2) is 0 Å². The lowest BCUT2D eigenvalue weighted by molar-refractivity contribution is 0.592. The third kappa shape index (κ3) is 0.749. The van der Waals surface area contributed by atoms with Crippen LogP contribution in [0.25, 0.3) is 0 Å². The van der Waals surface area contributed by atoms with E-state index in [0.29, 0.717) is 0 Å². The summed E-state index contributed by atoms with van der Waals surface area (Å²) in [5.41, 5.74) is 2.87. The largest absolute Gasteiger partial charge is 0.0953 e. The smallest absolute Gasteiger partial charge is 0.0160 e. The molecule has 0 radical (unpaired) electrons. The van der Waals surface area contributed by atoms with Crippen LogP contribution in [0.1, 0.15) is 26.2 Å². The average molecular weight is 134 g/mol. The van der Waals surface area contributed by atoms with E-state index < -0.39 is 0 Å². The van der Waals surface area contributed by atoms with E-state index in [4.69, 9.17) is 0 Å². The summed E-state index contributed by atoms with van der Waals surface area (Å²) in [5, 5.41) is 0. The first kappa shape index (κ1) is 6.21. The Hall–Kier alpha value is -0.520. The Kier molecular flexibility index (Phi) is 1.23. The molecule has 0 heteroatoms. The van der Waals surface area contributed by atoms with Gasteiger partial charge in [-0.3, -0.25) is 0 Å². The molecule has 0 heterocycles. The third-order valence-corrected chi connectivity index (χ3v) is 2.96. The summed E-state index contributed by atoms with van der Waals surface area (Å²) in [6.45, 7) is 6.31. The molecule has 54 valence electrons. The number of rotatable bonds is 0. The van der Waals surface area contributed by atoms with Crippen LogP contribution in [0.3, 0.4) is 0 Å². The average Bonchev–Trinajstić information content (AvgIpc) is 2.29.